The van der Waals surface area contributed by atoms with Crippen LogP contribution in [0.2, 0.25) is 0 Å². The molecule has 2 heterocycles. The molecule has 0 unspecified atom stereocenters. The van der Waals surface area contributed by atoms with Gasteiger partial charge in [-0.05, 0) is 45.4 Å². The summed E-state index contributed by atoms with van der Waals surface area (Å²) < 4.78 is 5.65. The Kier molecular flexibility index (Phi) is 6.18. The molecule has 21 heavy (non-hydrogen) atoms. The number of nitrogens with zero attached hydrogens (tertiary/aromatic N) is 3. The van der Waals surface area contributed by atoms with Gasteiger partial charge in [-0.1, -0.05) is 32.3 Å². The first kappa shape index (κ1) is 16.4. The molecule has 5 nitrogen and oxygen atoms in total. The molecule has 0 spiro atoms. The Morgan fingerprint density at radius 3 is 2.52 bits per heavy atom. The molecule has 1 aromatic rings. The molecule has 0 aliphatic carbocycles. The van der Waals surface area contributed by atoms with Gasteiger partial charge in [-0.3, -0.25) is 0 Å². The van der Waals surface area contributed by atoms with E-state index in [1.54, 1.807) is 0 Å². The van der Waals surface area contributed by atoms with Crippen molar-refractivity contribution in [1.29, 1.82) is 0 Å². The molecule has 1 saturated heterocycles. The molecule has 0 saturated carbocycles. The lowest BCUT2D eigenvalue weighted by molar-refractivity contribution is 0.208. The van der Waals surface area contributed by atoms with Gasteiger partial charge < -0.3 is 14.7 Å². The Morgan fingerprint density at radius 2 is 1.90 bits per heavy atom. The van der Waals surface area contributed by atoms with E-state index in [0.29, 0.717) is 0 Å². The maximum Gasteiger partial charge on any atom is 0.232 e. The van der Waals surface area contributed by atoms with E-state index in [4.69, 9.17) is 9.51 Å². The van der Waals surface area contributed by atoms with Gasteiger partial charge in [0.15, 0.2) is 5.82 Å². The number of rotatable bonds is 8. The van der Waals surface area contributed by atoms with Crippen molar-refractivity contribution in [2.45, 2.75) is 58.3 Å². The molecule has 120 valence electrons. The Bertz CT molecular complexity index is 403. The van der Waals surface area contributed by atoms with Crippen molar-refractivity contribution in [2.24, 2.45) is 0 Å². The van der Waals surface area contributed by atoms with Gasteiger partial charge in [0.05, 0.1) is 5.41 Å². The summed E-state index contributed by atoms with van der Waals surface area (Å²) >= 11 is 0. The number of aromatic nitrogens is 2. The van der Waals surface area contributed by atoms with Crippen LogP contribution >= 0.6 is 0 Å². The number of hydrogen-bond acceptors (Lipinski definition) is 5. The zero-order chi connectivity index (χ0) is 15.1. The smallest absolute Gasteiger partial charge is 0.232 e. The molecule has 0 atom stereocenters. The summed E-state index contributed by atoms with van der Waals surface area (Å²) in [6, 6.07) is 0. The van der Waals surface area contributed by atoms with Gasteiger partial charge in [0.2, 0.25) is 5.89 Å². The fourth-order valence-electron chi connectivity index (χ4n) is 3.32. The second kappa shape index (κ2) is 7.90. The first-order valence-electron chi connectivity index (χ1n) is 8.50. The van der Waals surface area contributed by atoms with E-state index in [2.05, 4.69) is 36.1 Å². The van der Waals surface area contributed by atoms with Gasteiger partial charge in [0, 0.05) is 13.0 Å². The number of hydrogen-bond donors (Lipinski definition) is 1. The Morgan fingerprint density at radius 1 is 1.19 bits per heavy atom. The van der Waals surface area contributed by atoms with Crippen LogP contribution in [0.4, 0.5) is 0 Å². The topological polar surface area (TPSA) is 54.2 Å². The normalized spacial score (nSPS) is 18.3. The highest BCUT2D eigenvalue weighted by Gasteiger charge is 2.38. The lowest BCUT2D eigenvalue weighted by Crippen LogP contribution is -2.40. The summed E-state index contributed by atoms with van der Waals surface area (Å²) in [5, 5.41) is 7.66. The Labute approximate surface area is 128 Å². The number of piperidine rings is 1. The molecule has 1 fully saturated rings. The van der Waals surface area contributed by atoms with Gasteiger partial charge in [-0.15, -0.1) is 0 Å². The van der Waals surface area contributed by atoms with E-state index in [1.807, 2.05) is 0 Å². The Hall–Kier alpha value is -0.940. The summed E-state index contributed by atoms with van der Waals surface area (Å²) in [6.07, 6.45) is 5.41. The van der Waals surface area contributed by atoms with Gasteiger partial charge in [-0.2, -0.15) is 4.98 Å². The fraction of sp³-hybridized carbons (Fsp3) is 0.875. The summed E-state index contributed by atoms with van der Waals surface area (Å²) in [7, 11) is 0. The molecule has 0 aromatic carbocycles. The SMILES string of the molecule is CCCC1(c2nc(CCN(CC)CC)no2)CCNCC1. The summed E-state index contributed by atoms with van der Waals surface area (Å²) in [4.78, 5) is 7.12. The van der Waals surface area contributed by atoms with Crippen LogP contribution in [-0.2, 0) is 11.8 Å². The third kappa shape index (κ3) is 4.04. The number of likely N-dealkylation sites (N-methyl/N-ethyl adjacent to an activating group) is 1. The minimum absolute atomic E-state index is 0.112. The van der Waals surface area contributed by atoms with Gasteiger partial charge in [0.25, 0.3) is 0 Å². The standard InChI is InChI=1S/C16H30N4O/c1-4-8-16(9-11-17-12-10-16)15-18-14(19-21-15)7-13-20(5-2)6-3/h17H,4-13H2,1-3H3. The van der Waals surface area contributed by atoms with Crippen LogP contribution in [0.25, 0.3) is 0 Å². The van der Waals surface area contributed by atoms with Crippen LogP contribution in [-0.4, -0.2) is 47.8 Å². The molecule has 0 amide bonds. The van der Waals surface area contributed by atoms with Crippen molar-refractivity contribution < 1.29 is 4.52 Å². The third-order valence-corrected chi connectivity index (χ3v) is 4.76. The maximum atomic E-state index is 5.65. The van der Waals surface area contributed by atoms with Crippen molar-refractivity contribution in [3.8, 4) is 0 Å². The fourth-order valence-corrected chi connectivity index (χ4v) is 3.32. The Balaban J connectivity index is 2.02. The van der Waals surface area contributed by atoms with E-state index >= 15 is 0 Å². The lowest BCUT2D eigenvalue weighted by Gasteiger charge is -2.34. The van der Waals surface area contributed by atoms with Crippen LogP contribution in [0.5, 0.6) is 0 Å². The maximum absolute atomic E-state index is 5.65. The van der Waals surface area contributed by atoms with Gasteiger partial charge in [0.1, 0.15) is 0 Å². The average molecular weight is 294 g/mol. The van der Waals surface area contributed by atoms with Crippen molar-refractivity contribution in [1.82, 2.24) is 20.4 Å². The summed E-state index contributed by atoms with van der Waals surface area (Å²) in [5.74, 6) is 1.74. The zero-order valence-corrected chi connectivity index (χ0v) is 13.8. The van der Waals surface area contributed by atoms with Crippen molar-refractivity contribution in [3.63, 3.8) is 0 Å². The lowest BCUT2D eigenvalue weighted by atomic mass is 9.75. The molecule has 1 aromatic heterocycles. The molecule has 0 radical (unpaired) electrons. The van der Waals surface area contributed by atoms with Crippen molar-refractivity contribution in [2.75, 3.05) is 32.7 Å². The minimum atomic E-state index is 0.112. The quantitative estimate of drug-likeness (QED) is 0.798. The molecular formula is C16H30N4O. The largest absolute Gasteiger partial charge is 0.339 e. The van der Waals surface area contributed by atoms with Crippen LogP contribution in [0.3, 0.4) is 0 Å². The highest BCUT2D eigenvalue weighted by Crippen LogP contribution is 2.36. The van der Waals surface area contributed by atoms with Crippen LogP contribution in [0.15, 0.2) is 4.52 Å². The first-order valence-corrected chi connectivity index (χ1v) is 8.50. The van der Waals surface area contributed by atoms with Crippen LogP contribution in [0, 0.1) is 0 Å². The molecule has 0 bridgehead atoms. The van der Waals surface area contributed by atoms with Gasteiger partial charge >= 0.3 is 0 Å². The van der Waals surface area contributed by atoms with Crippen molar-refractivity contribution >= 4 is 0 Å². The van der Waals surface area contributed by atoms with E-state index in [9.17, 15) is 0 Å². The number of nitrogens with one attached hydrogen (secondary N) is 1. The second-order valence-electron chi connectivity index (χ2n) is 6.07. The van der Waals surface area contributed by atoms with Crippen molar-refractivity contribution in [3.05, 3.63) is 11.7 Å². The zero-order valence-electron chi connectivity index (χ0n) is 13.8. The molecular weight excluding hydrogens is 264 g/mol. The average Bonchev–Trinajstić information content (AvgIpc) is 2.99. The van der Waals surface area contributed by atoms with E-state index in [-0.39, 0.29) is 5.41 Å². The highest BCUT2D eigenvalue weighted by molar-refractivity contribution is 5.08. The molecule has 2 rings (SSSR count). The van der Waals surface area contributed by atoms with Gasteiger partial charge in [-0.25, -0.2) is 0 Å². The highest BCUT2D eigenvalue weighted by atomic mass is 16.5. The second-order valence-corrected chi connectivity index (χ2v) is 6.07. The molecule has 1 aliphatic rings. The molecule has 1 aliphatic heterocycles. The van der Waals surface area contributed by atoms with E-state index in [1.165, 1.54) is 0 Å². The molecule has 5 heteroatoms. The molecule has 1 N–H and O–H groups in total. The van der Waals surface area contributed by atoms with Crippen LogP contribution in [0.1, 0.15) is 58.2 Å². The first-order chi connectivity index (χ1) is 10.2. The predicted molar refractivity (Wildman–Crippen MR) is 84.5 cm³/mol. The predicted octanol–water partition coefficient (Wildman–Crippen LogP) is 2.38. The van der Waals surface area contributed by atoms with Crippen LogP contribution < -0.4 is 5.32 Å². The third-order valence-electron chi connectivity index (χ3n) is 4.76. The minimum Gasteiger partial charge on any atom is -0.339 e. The summed E-state index contributed by atoms with van der Waals surface area (Å²) in [5.41, 5.74) is 0.112. The van der Waals surface area contributed by atoms with E-state index in [0.717, 1.165) is 76.5 Å². The van der Waals surface area contributed by atoms with E-state index < -0.39 is 0 Å². The summed E-state index contributed by atoms with van der Waals surface area (Å²) in [6.45, 7) is 11.9. The monoisotopic (exact) mass is 294 g/mol.